The molecule has 0 radical (unpaired) electrons. The summed E-state index contributed by atoms with van der Waals surface area (Å²) in [6, 6.07) is 2.17. The number of carbonyl (C=O) groups is 3. The number of carbonyl (C=O) groups excluding carboxylic acids is 3. The highest BCUT2D eigenvalue weighted by molar-refractivity contribution is 6.04. The van der Waals surface area contributed by atoms with Crippen LogP contribution in [0.2, 0.25) is 0 Å². The highest BCUT2D eigenvalue weighted by Gasteiger charge is 2.70. The molecular weight excluding hydrogens is 476 g/mol. The van der Waals surface area contributed by atoms with Crippen molar-refractivity contribution in [3.05, 3.63) is 23.3 Å². The smallest absolute Gasteiger partial charge is 0.250 e. The standard InChI is InChI=1S/C32H44N2O4/c1-27(2)11-13-32(26(37)34-38-8)14-12-31(7)24(20(32)17-27)21(35)15-23-29(5)16-19(18-33)25(36)28(3,4)22(29)9-10-30(23,31)6/h15-16,20,22,24H,9-14,17H2,1-8H3,(H,34,37)/t20-,22-,24-,29-,30+,31+,32-/m0/s1. The van der Waals surface area contributed by atoms with E-state index in [9.17, 15) is 19.6 Å². The summed E-state index contributed by atoms with van der Waals surface area (Å²) in [6.45, 7) is 15.2. The Kier molecular flexibility index (Phi) is 5.84. The first-order valence-electron chi connectivity index (χ1n) is 14.3. The van der Waals surface area contributed by atoms with Gasteiger partial charge < -0.3 is 0 Å². The van der Waals surface area contributed by atoms with Gasteiger partial charge in [-0.2, -0.15) is 5.26 Å². The fraction of sp³-hybridized carbons (Fsp3) is 0.750. The van der Waals surface area contributed by atoms with Gasteiger partial charge in [-0.05, 0) is 79.1 Å². The maximum Gasteiger partial charge on any atom is 0.250 e. The fourth-order valence-electron chi connectivity index (χ4n) is 10.2. The number of nitrogens with zero attached hydrogens (tertiary/aromatic N) is 1. The minimum Gasteiger partial charge on any atom is -0.295 e. The number of hydroxylamine groups is 1. The van der Waals surface area contributed by atoms with Crippen molar-refractivity contribution in [2.75, 3.05) is 7.11 Å². The van der Waals surface area contributed by atoms with Gasteiger partial charge in [0.2, 0.25) is 5.91 Å². The van der Waals surface area contributed by atoms with Crippen LogP contribution in [0.1, 0.15) is 93.4 Å². The van der Waals surface area contributed by atoms with Crippen LogP contribution in [0.15, 0.2) is 23.3 Å². The molecule has 0 bridgehead atoms. The van der Waals surface area contributed by atoms with Crippen molar-refractivity contribution in [3.63, 3.8) is 0 Å². The molecule has 1 amide bonds. The third kappa shape index (κ3) is 3.23. The van der Waals surface area contributed by atoms with Gasteiger partial charge in [0.1, 0.15) is 6.07 Å². The SMILES string of the molecule is CONC(=O)[C@]12CCC(C)(C)C[C@H]1[C@H]1C(=O)C=C3[C@@]4(C)C=C(C#N)C(=O)C(C)(C)[C@@H]4CC[C@@]3(C)[C@]1(C)CC2. The van der Waals surface area contributed by atoms with Gasteiger partial charge in [-0.3, -0.25) is 19.2 Å². The van der Waals surface area contributed by atoms with Crippen molar-refractivity contribution in [2.24, 2.45) is 50.2 Å². The van der Waals surface area contributed by atoms with Crippen LogP contribution in [0.4, 0.5) is 0 Å². The van der Waals surface area contributed by atoms with Crippen LogP contribution >= 0.6 is 0 Å². The Morgan fingerprint density at radius 2 is 1.68 bits per heavy atom. The van der Waals surface area contributed by atoms with Gasteiger partial charge in [0, 0.05) is 16.7 Å². The lowest BCUT2D eigenvalue weighted by Crippen LogP contribution is -2.66. The van der Waals surface area contributed by atoms with Crippen LogP contribution in [0.3, 0.4) is 0 Å². The summed E-state index contributed by atoms with van der Waals surface area (Å²) in [5, 5.41) is 9.88. The van der Waals surface area contributed by atoms with E-state index in [-0.39, 0.29) is 57.0 Å². The van der Waals surface area contributed by atoms with Crippen LogP contribution in [0.25, 0.3) is 0 Å². The van der Waals surface area contributed by atoms with Crippen molar-refractivity contribution < 1.29 is 19.2 Å². The highest BCUT2D eigenvalue weighted by atomic mass is 16.6. The number of hydrogen-bond acceptors (Lipinski definition) is 5. The number of allylic oxidation sites excluding steroid dienone is 4. The molecular formula is C32H44N2O4. The first kappa shape index (κ1) is 27.3. The number of nitriles is 1. The van der Waals surface area contributed by atoms with Gasteiger partial charge in [-0.1, -0.05) is 60.1 Å². The Morgan fingerprint density at radius 3 is 2.32 bits per heavy atom. The maximum atomic E-state index is 14.4. The zero-order valence-corrected chi connectivity index (χ0v) is 24.4. The monoisotopic (exact) mass is 520 g/mol. The van der Waals surface area contributed by atoms with Crippen molar-refractivity contribution in [1.82, 2.24) is 5.48 Å². The number of fused-ring (bicyclic) bond motifs is 7. The molecule has 1 N–H and O–H groups in total. The molecule has 3 fully saturated rings. The third-order valence-corrected chi connectivity index (χ3v) is 12.5. The van der Waals surface area contributed by atoms with Crippen LogP contribution in [-0.4, -0.2) is 24.6 Å². The van der Waals surface area contributed by atoms with Gasteiger partial charge >= 0.3 is 0 Å². The van der Waals surface area contributed by atoms with E-state index in [2.05, 4.69) is 46.2 Å². The summed E-state index contributed by atoms with van der Waals surface area (Å²) >= 11 is 0. The molecule has 6 heteroatoms. The predicted octanol–water partition coefficient (Wildman–Crippen LogP) is 5.88. The zero-order valence-electron chi connectivity index (χ0n) is 24.4. The molecule has 5 rings (SSSR count). The van der Waals surface area contributed by atoms with Crippen molar-refractivity contribution in [3.8, 4) is 6.07 Å². The molecule has 3 saturated carbocycles. The second kappa shape index (κ2) is 8.13. The van der Waals surface area contributed by atoms with E-state index in [1.54, 1.807) is 0 Å². The molecule has 0 spiro atoms. The molecule has 5 aliphatic rings. The molecule has 0 aliphatic heterocycles. The highest BCUT2D eigenvalue weighted by Crippen LogP contribution is 2.74. The number of nitrogens with one attached hydrogen (secondary N) is 1. The molecule has 7 atom stereocenters. The molecule has 206 valence electrons. The lowest BCUT2D eigenvalue weighted by Gasteiger charge is -2.69. The maximum absolute atomic E-state index is 14.4. The first-order valence-corrected chi connectivity index (χ1v) is 14.3. The molecule has 0 aromatic heterocycles. The minimum absolute atomic E-state index is 0.0238. The minimum atomic E-state index is -0.676. The topological polar surface area (TPSA) is 96.3 Å². The number of amides is 1. The van der Waals surface area contributed by atoms with E-state index >= 15 is 0 Å². The Bertz CT molecular complexity index is 1220. The number of rotatable bonds is 2. The Labute approximate surface area is 227 Å². The summed E-state index contributed by atoms with van der Waals surface area (Å²) in [4.78, 5) is 46.3. The van der Waals surface area contributed by atoms with E-state index in [1.807, 2.05) is 26.0 Å². The molecule has 0 aromatic rings. The molecule has 6 nitrogen and oxygen atoms in total. The van der Waals surface area contributed by atoms with Crippen LogP contribution < -0.4 is 5.48 Å². The molecule has 0 saturated heterocycles. The largest absolute Gasteiger partial charge is 0.295 e. The van der Waals surface area contributed by atoms with Gasteiger partial charge in [0.15, 0.2) is 11.6 Å². The van der Waals surface area contributed by atoms with E-state index < -0.39 is 16.2 Å². The number of Topliss-reactive ketones (excluding diaryl/α,β-unsaturated/α-hetero) is 1. The Morgan fingerprint density at radius 1 is 1.03 bits per heavy atom. The van der Waals surface area contributed by atoms with Gasteiger partial charge in [0.05, 0.1) is 18.1 Å². The van der Waals surface area contributed by atoms with Crippen molar-refractivity contribution in [2.45, 2.75) is 93.4 Å². The van der Waals surface area contributed by atoms with Crippen LogP contribution in [-0.2, 0) is 19.2 Å². The molecule has 0 unspecified atom stereocenters. The average Bonchev–Trinajstić information content (AvgIpc) is 2.82. The van der Waals surface area contributed by atoms with Crippen molar-refractivity contribution in [1.29, 1.82) is 5.26 Å². The summed E-state index contributed by atoms with van der Waals surface area (Å²) < 4.78 is 0. The molecule has 5 aliphatic carbocycles. The van der Waals surface area contributed by atoms with E-state index in [4.69, 9.17) is 4.84 Å². The second-order valence-corrected chi connectivity index (χ2v) is 15.0. The van der Waals surface area contributed by atoms with Crippen LogP contribution in [0.5, 0.6) is 0 Å². The first-order chi connectivity index (χ1) is 17.5. The van der Waals surface area contributed by atoms with E-state index in [1.165, 1.54) is 7.11 Å². The molecule has 38 heavy (non-hydrogen) atoms. The second-order valence-electron chi connectivity index (χ2n) is 15.0. The van der Waals surface area contributed by atoms with Gasteiger partial charge in [0.25, 0.3) is 0 Å². The zero-order chi connectivity index (χ0) is 28.1. The lowest BCUT2D eigenvalue weighted by molar-refractivity contribution is -0.183. The van der Waals surface area contributed by atoms with Crippen molar-refractivity contribution >= 4 is 17.5 Å². The number of hydrogen-bond donors (Lipinski definition) is 1. The molecule has 0 aromatic carbocycles. The average molecular weight is 521 g/mol. The Hall–Kier alpha value is -2.26. The number of ketones is 2. The lowest BCUT2D eigenvalue weighted by atomic mass is 9.34. The third-order valence-electron chi connectivity index (χ3n) is 12.5. The Balaban J connectivity index is 1.69. The summed E-state index contributed by atoms with van der Waals surface area (Å²) in [6.07, 6.45) is 9.57. The van der Waals surface area contributed by atoms with E-state index in [0.717, 1.165) is 50.5 Å². The fourth-order valence-corrected chi connectivity index (χ4v) is 10.2. The predicted molar refractivity (Wildman–Crippen MR) is 144 cm³/mol. The quantitative estimate of drug-likeness (QED) is 0.459. The normalized spacial score (nSPS) is 44.8. The van der Waals surface area contributed by atoms with Gasteiger partial charge in [-0.15, -0.1) is 0 Å². The summed E-state index contributed by atoms with van der Waals surface area (Å²) in [7, 11) is 1.48. The van der Waals surface area contributed by atoms with E-state index in [0.29, 0.717) is 0 Å². The summed E-state index contributed by atoms with van der Waals surface area (Å²) in [5.41, 5.74) is 1.55. The summed E-state index contributed by atoms with van der Waals surface area (Å²) in [5.74, 6) is -0.363. The van der Waals surface area contributed by atoms with Gasteiger partial charge in [-0.25, -0.2) is 5.48 Å². The van der Waals surface area contributed by atoms with Crippen LogP contribution in [0, 0.1) is 61.6 Å². The molecule has 0 heterocycles.